The molecule has 69 heavy (non-hydrogen) atoms. The molecule has 0 saturated heterocycles. The molecule has 0 aromatic carbocycles. The minimum Gasteiger partial charge on any atom is -0.462 e. The van der Waals surface area contributed by atoms with Gasteiger partial charge < -0.3 is 14.2 Å². The number of esters is 3. The molecule has 0 aliphatic heterocycles. The second-order valence-electron chi connectivity index (χ2n) is 21.0. The van der Waals surface area contributed by atoms with E-state index in [1.807, 2.05) is 0 Å². The monoisotopic (exact) mass is 971 g/mol. The van der Waals surface area contributed by atoms with E-state index < -0.39 is 6.10 Å². The van der Waals surface area contributed by atoms with Gasteiger partial charge in [-0.15, -0.1) is 0 Å². The highest BCUT2D eigenvalue weighted by molar-refractivity contribution is 5.71. The van der Waals surface area contributed by atoms with E-state index in [9.17, 15) is 14.4 Å². The van der Waals surface area contributed by atoms with Crippen molar-refractivity contribution in [2.75, 3.05) is 13.2 Å². The highest BCUT2D eigenvalue weighted by atomic mass is 16.6. The first-order chi connectivity index (χ1) is 34.0. The molecule has 0 N–H and O–H groups in total. The molecule has 0 aliphatic carbocycles. The molecule has 0 rings (SSSR count). The van der Waals surface area contributed by atoms with Gasteiger partial charge in [-0.25, -0.2) is 0 Å². The number of unbranched alkanes of at least 4 members (excludes halogenated alkanes) is 42. The molecule has 0 spiro atoms. The molecule has 0 fully saturated rings. The number of rotatable bonds is 57. The fraction of sp³-hybridized carbons (Fsp3) is 0.889. The maximum Gasteiger partial charge on any atom is 0.306 e. The van der Waals surface area contributed by atoms with Crippen LogP contribution in [0.25, 0.3) is 0 Å². The number of hydrogen-bond acceptors (Lipinski definition) is 6. The molecule has 6 nitrogen and oxygen atoms in total. The lowest BCUT2D eigenvalue weighted by Crippen LogP contribution is -2.30. The van der Waals surface area contributed by atoms with Crippen LogP contribution in [0.1, 0.15) is 342 Å². The van der Waals surface area contributed by atoms with Gasteiger partial charge in [-0.3, -0.25) is 14.4 Å². The lowest BCUT2D eigenvalue weighted by atomic mass is 10.0. The van der Waals surface area contributed by atoms with Crippen LogP contribution in [0.5, 0.6) is 0 Å². The Bertz CT molecular complexity index is 1110. The van der Waals surface area contributed by atoms with Crippen molar-refractivity contribution in [3.8, 4) is 0 Å². The predicted molar refractivity (Wildman–Crippen MR) is 298 cm³/mol. The van der Waals surface area contributed by atoms with Crippen LogP contribution < -0.4 is 0 Å². The van der Waals surface area contributed by atoms with Gasteiger partial charge in [-0.1, -0.05) is 276 Å². The van der Waals surface area contributed by atoms with E-state index >= 15 is 0 Å². The lowest BCUT2D eigenvalue weighted by Gasteiger charge is -2.18. The second kappa shape index (κ2) is 58.5. The summed E-state index contributed by atoms with van der Waals surface area (Å²) in [6, 6.07) is 0. The third-order valence-electron chi connectivity index (χ3n) is 13.9. The van der Waals surface area contributed by atoms with E-state index in [0.717, 1.165) is 57.8 Å². The van der Waals surface area contributed by atoms with Gasteiger partial charge >= 0.3 is 17.9 Å². The quantitative estimate of drug-likeness (QED) is 0.0261. The van der Waals surface area contributed by atoms with Crippen molar-refractivity contribution in [2.45, 2.75) is 348 Å². The van der Waals surface area contributed by atoms with E-state index in [-0.39, 0.29) is 31.1 Å². The number of allylic oxidation sites excluding steroid dienone is 4. The van der Waals surface area contributed by atoms with Crippen molar-refractivity contribution in [3.63, 3.8) is 0 Å². The molecule has 0 heterocycles. The van der Waals surface area contributed by atoms with Crippen molar-refractivity contribution in [1.29, 1.82) is 0 Å². The third-order valence-corrected chi connectivity index (χ3v) is 13.9. The molecule has 6 heteroatoms. The van der Waals surface area contributed by atoms with Gasteiger partial charge in [-0.2, -0.15) is 0 Å². The minimum atomic E-state index is -0.771. The highest BCUT2D eigenvalue weighted by Gasteiger charge is 2.19. The van der Waals surface area contributed by atoms with E-state index in [1.54, 1.807) is 0 Å². The van der Waals surface area contributed by atoms with Crippen molar-refractivity contribution in [3.05, 3.63) is 24.3 Å². The Kier molecular flexibility index (Phi) is 56.7. The normalized spacial score (nSPS) is 12.1. The molecular formula is C63H118O6. The zero-order chi connectivity index (χ0) is 50.0. The van der Waals surface area contributed by atoms with Crippen LogP contribution in [0.15, 0.2) is 24.3 Å². The van der Waals surface area contributed by atoms with Crippen molar-refractivity contribution in [1.82, 2.24) is 0 Å². The van der Waals surface area contributed by atoms with Crippen LogP contribution in [-0.2, 0) is 28.6 Å². The van der Waals surface area contributed by atoms with Crippen LogP contribution in [0.2, 0.25) is 0 Å². The predicted octanol–water partition coefficient (Wildman–Crippen LogP) is 20.7. The lowest BCUT2D eigenvalue weighted by molar-refractivity contribution is -0.167. The molecule has 0 aromatic rings. The van der Waals surface area contributed by atoms with E-state index in [2.05, 4.69) is 45.1 Å². The van der Waals surface area contributed by atoms with Gasteiger partial charge in [0.1, 0.15) is 13.2 Å². The molecule has 0 saturated carbocycles. The fourth-order valence-electron chi connectivity index (χ4n) is 9.26. The molecule has 0 radical (unpaired) electrons. The number of carbonyl (C=O) groups excluding carboxylic acids is 3. The molecule has 0 aliphatic rings. The van der Waals surface area contributed by atoms with Crippen molar-refractivity contribution in [2.24, 2.45) is 0 Å². The number of ether oxygens (including phenoxy) is 3. The van der Waals surface area contributed by atoms with Gasteiger partial charge in [0.05, 0.1) is 0 Å². The molecule has 1 atom stereocenters. The molecule has 0 unspecified atom stereocenters. The smallest absolute Gasteiger partial charge is 0.306 e. The summed E-state index contributed by atoms with van der Waals surface area (Å²) in [5.74, 6) is -0.851. The molecule has 0 amide bonds. The third kappa shape index (κ3) is 56.7. The minimum absolute atomic E-state index is 0.0685. The van der Waals surface area contributed by atoms with Gasteiger partial charge in [-0.05, 0) is 70.6 Å². The van der Waals surface area contributed by atoms with Crippen molar-refractivity contribution < 1.29 is 28.6 Å². The van der Waals surface area contributed by atoms with Gasteiger partial charge in [0.25, 0.3) is 0 Å². The van der Waals surface area contributed by atoms with E-state index in [4.69, 9.17) is 14.2 Å². The number of hydrogen-bond donors (Lipinski definition) is 0. The van der Waals surface area contributed by atoms with Crippen LogP contribution in [0.3, 0.4) is 0 Å². The summed E-state index contributed by atoms with van der Waals surface area (Å²) in [5, 5.41) is 0. The Morgan fingerprint density at radius 3 is 0.725 bits per heavy atom. The fourth-order valence-corrected chi connectivity index (χ4v) is 9.26. The van der Waals surface area contributed by atoms with Crippen molar-refractivity contribution >= 4 is 17.9 Å². The first-order valence-corrected chi connectivity index (χ1v) is 30.8. The molecule has 0 aromatic heterocycles. The van der Waals surface area contributed by atoms with E-state index in [1.165, 1.54) is 244 Å². The standard InChI is InChI=1S/C63H118O6/c1-4-7-10-13-16-19-22-25-28-30-31-33-36-39-42-45-48-51-54-57-63(66)69-60(58-67-61(64)55-52-49-46-43-40-37-34-27-24-21-18-15-12-9-6-3)59-68-62(65)56-53-50-47-44-41-38-35-32-29-26-23-20-17-14-11-8-5-2/h25-26,28-29,60H,4-24,27,30-59H2,1-3H3/b28-25-,29-26-/t60-/m0/s1. The SMILES string of the molecule is CCCCCCCC/C=C\CCCCCCCCCCCC(=O)O[C@H](COC(=O)CCCCCCCCC/C=C\CCCCCCCC)COC(=O)CCCCCCCCCCCCCCCCC. The summed E-state index contributed by atoms with van der Waals surface area (Å²) in [7, 11) is 0. The van der Waals surface area contributed by atoms with Gasteiger partial charge in [0.15, 0.2) is 6.10 Å². The van der Waals surface area contributed by atoms with E-state index in [0.29, 0.717) is 19.3 Å². The Morgan fingerprint density at radius 2 is 0.478 bits per heavy atom. The van der Waals surface area contributed by atoms with Crippen LogP contribution >= 0.6 is 0 Å². The average molecular weight is 972 g/mol. The largest absolute Gasteiger partial charge is 0.462 e. The van der Waals surface area contributed by atoms with Gasteiger partial charge in [0, 0.05) is 19.3 Å². The van der Waals surface area contributed by atoms with Gasteiger partial charge in [0.2, 0.25) is 0 Å². The Hall–Kier alpha value is -2.11. The topological polar surface area (TPSA) is 78.9 Å². The average Bonchev–Trinajstić information content (AvgIpc) is 3.35. The molecule has 0 bridgehead atoms. The van der Waals surface area contributed by atoms with Crippen LogP contribution in [0, 0.1) is 0 Å². The zero-order valence-electron chi connectivity index (χ0n) is 46.6. The summed E-state index contributed by atoms with van der Waals surface area (Å²) in [6.45, 7) is 6.69. The zero-order valence-corrected chi connectivity index (χ0v) is 46.6. The summed E-state index contributed by atoms with van der Waals surface area (Å²) in [4.78, 5) is 38.2. The Labute approximate surface area is 430 Å². The number of carbonyl (C=O) groups is 3. The highest BCUT2D eigenvalue weighted by Crippen LogP contribution is 2.17. The summed E-state index contributed by atoms with van der Waals surface area (Å²) >= 11 is 0. The van der Waals surface area contributed by atoms with Crippen LogP contribution in [-0.4, -0.2) is 37.2 Å². The summed E-state index contributed by atoms with van der Waals surface area (Å²) < 4.78 is 16.9. The van der Waals surface area contributed by atoms with Crippen LogP contribution in [0.4, 0.5) is 0 Å². The molecular weight excluding hydrogens is 853 g/mol. The summed E-state index contributed by atoms with van der Waals surface area (Å²) in [5.41, 5.74) is 0. The second-order valence-corrected chi connectivity index (χ2v) is 21.0. The first kappa shape index (κ1) is 66.9. The Morgan fingerprint density at radius 1 is 0.275 bits per heavy atom. The Balaban J connectivity index is 4.33. The molecule has 406 valence electrons. The first-order valence-electron chi connectivity index (χ1n) is 30.8. The maximum absolute atomic E-state index is 12.9. The maximum atomic E-state index is 12.9. The summed E-state index contributed by atoms with van der Waals surface area (Å²) in [6.07, 6.45) is 68.8.